The molecular formula is C18H15ClF4N4O2. The topological polar surface area (TPSA) is 73.1 Å². The van der Waals surface area contributed by atoms with E-state index in [0.717, 1.165) is 16.8 Å². The smallest absolute Gasteiger partial charge is 0.434 e. The van der Waals surface area contributed by atoms with Crippen LogP contribution in [-0.4, -0.2) is 24.6 Å². The van der Waals surface area contributed by atoms with Gasteiger partial charge in [-0.25, -0.2) is 14.4 Å². The number of aromatic nitrogens is 4. The minimum Gasteiger partial charge on any atom is -0.472 e. The predicted molar refractivity (Wildman–Crippen MR) is 95.6 cm³/mol. The quantitative estimate of drug-likeness (QED) is 0.482. The summed E-state index contributed by atoms with van der Waals surface area (Å²) < 4.78 is 59.6. The summed E-state index contributed by atoms with van der Waals surface area (Å²) in [5.41, 5.74) is -0.489. The first-order valence-electron chi connectivity index (χ1n) is 8.29. The van der Waals surface area contributed by atoms with E-state index < -0.39 is 23.8 Å². The highest BCUT2D eigenvalue weighted by atomic mass is 35.5. The number of aliphatic hydroxyl groups is 1. The second-order valence-corrected chi connectivity index (χ2v) is 6.57. The molecule has 154 valence electrons. The van der Waals surface area contributed by atoms with Gasteiger partial charge in [-0.15, -0.1) is 0 Å². The number of aliphatic hydroxyl groups excluding tert-OH is 1. The average molecular weight is 431 g/mol. The third-order valence-corrected chi connectivity index (χ3v) is 4.20. The third kappa shape index (κ3) is 4.65. The highest BCUT2D eigenvalue weighted by Gasteiger charge is 2.34. The zero-order valence-electron chi connectivity index (χ0n) is 15.2. The normalized spacial score (nSPS) is 12.8. The van der Waals surface area contributed by atoms with E-state index in [1.807, 2.05) is 0 Å². The number of ether oxygens (including phenoxy) is 1. The Morgan fingerprint density at radius 1 is 1.28 bits per heavy atom. The largest absolute Gasteiger partial charge is 0.472 e. The van der Waals surface area contributed by atoms with E-state index in [4.69, 9.17) is 16.3 Å². The Bertz CT molecular complexity index is 1040. The van der Waals surface area contributed by atoms with E-state index in [1.165, 1.54) is 32.3 Å². The molecule has 1 N–H and O–H groups in total. The van der Waals surface area contributed by atoms with E-state index in [9.17, 15) is 22.7 Å². The number of hydrogen-bond donors (Lipinski definition) is 1. The molecule has 0 saturated heterocycles. The highest BCUT2D eigenvalue weighted by molar-refractivity contribution is 6.28. The van der Waals surface area contributed by atoms with Crippen LogP contribution in [0.2, 0.25) is 5.28 Å². The summed E-state index contributed by atoms with van der Waals surface area (Å²) in [7, 11) is 1.35. The van der Waals surface area contributed by atoms with Gasteiger partial charge in [-0.05, 0) is 36.2 Å². The fourth-order valence-electron chi connectivity index (χ4n) is 2.59. The molecule has 0 aliphatic heterocycles. The van der Waals surface area contributed by atoms with Gasteiger partial charge >= 0.3 is 6.18 Å². The van der Waals surface area contributed by atoms with Gasteiger partial charge in [-0.2, -0.15) is 18.2 Å². The van der Waals surface area contributed by atoms with Crippen LogP contribution in [0.3, 0.4) is 0 Å². The highest BCUT2D eigenvalue weighted by Crippen LogP contribution is 2.31. The molecule has 1 aromatic carbocycles. The van der Waals surface area contributed by atoms with Crippen LogP contribution < -0.4 is 4.74 Å². The lowest BCUT2D eigenvalue weighted by Gasteiger charge is -2.12. The monoisotopic (exact) mass is 430 g/mol. The van der Waals surface area contributed by atoms with E-state index >= 15 is 0 Å². The number of halogens is 5. The molecule has 0 aliphatic rings. The van der Waals surface area contributed by atoms with Gasteiger partial charge in [-0.1, -0.05) is 6.07 Å². The van der Waals surface area contributed by atoms with Crippen LogP contribution in [-0.2, 0) is 19.8 Å². The number of hydrogen-bond acceptors (Lipinski definition) is 5. The molecule has 0 saturated carbocycles. The molecule has 0 bridgehead atoms. The van der Waals surface area contributed by atoms with Gasteiger partial charge in [0.15, 0.2) is 5.69 Å². The van der Waals surface area contributed by atoms with Crippen molar-refractivity contribution in [1.29, 1.82) is 0 Å². The van der Waals surface area contributed by atoms with E-state index in [2.05, 4.69) is 15.0 Å². The first-order chi connectivity index (χ1) is 13.6. The van der Waals surface area contributed by atoms with Crippen molar-refractivity contribution in [2.24, 2.45) is 7.05 Å². The number of aryl methyl sites for hydroxylation is 1. The van der Waals surface area contributed by atoms with Gasteiger partial charge in [-0.3, -0.25) is 0 Å². The van der Waals surface area contributed by atoms with E-state index in [1.54, 1.807) is 0 Å². The van der Waals surface area contributed by atoms with Gasteiger partial charge in [0.1, 0.15) is 18.2 Å². The Balaban J connectivity index is 1.83. The maximum Gasteiger partial charge on any atom is 0.434 e. The van der Waals surface area contributed by atoms with Crippen LogP contribution in [0.4, 0.5) is 17.6 Å². The summed E-state index contributed by atoms with van der Waals surface area (Å²) in [4.78, 5) is 11.1. The summed E-state index contributed by atoms with van der Waals surface area (Å²) in [5.74, 6) is -0.866. The van der Waals surface area contributed by atoms with Crippen LogP contribution in [0.15, 0.2) is 30.6 Å². The van der Waals surface area contributed by atoms with Crippen molar-refractivity contribution < 1.29 is 27.4 Å². The lowest BCUT2D eigenvalue weighted by atomic mass is 10.1. The summed E-state index contributed by atoms with van der Waals surface area (Å²) in [6.07, 6.45) is -3.42. The van der Waals surface area contributed by atoms with Crippen molar-refractivity contribution >= 4 is 11.6 Å². The summed E-state index contributed by atoms with van der Waals surface area (Å²) >= 11 is 5.73. The molecule has 0 spiro atoms. The van der Waals surface area contributed by atoms with Crippen molar-refractivity contribution in [2.75, 3.05) is 0 Å². The van der Waals surface area contributed by atoms with Crippen LogP contribution in [0, 0.1) is 5.82 Å². The molecule has 29 heavy (non-hydrogen) atoms. The molecule has 0 fully saturated rings. The number of imidazole rings is 1. The van der Waals surface area contributed by atoms with Crippen LogP contribution >= 0.6 is 11.6 Å². The Hall–Kier alpha value is -2.72. The number of nitrogens with zero attached hydrogens (tertiary/aromatic N) is 4. The van der Waals surface area contributed by atoms with Gasteiger partial charge in [0.05, 0.1) is 17.2 Å². The first-order valence-corrected chi connectivity index (χ1v) is 8.66. The fraction of sp³-hybridized carbons (Fsp3) is 0.278. The number of alkyl halides is 3. The van der Waals surface area contributed by atoms with Crippen LogP contribution in [0.25, 0.3) is 11.4 Å². The first kappa shape index (κ1) is 21.0. The zero-order chi connectivity index (χ0) is 21.3. The second-order valence-electron chi connectivity index (χ2n) is 6.24. The Morgan fingerprint density at radius 2 is 2.00 bits per heavy atom. The summed E-state index contributed by atoms with van der Waals surface area (Å²) in [6, 6.07) is 3.94. The van der Waals surface area contributed by atoms with Crippen molar-refractivity contribution in [3.8, 4) is 17.3 Å². The van der Waals surface area contributed by atoms with Gasteiger partial charge in [0.25, 0.3) is 0 Å². The summed E-state index contributed by atoms with van der Waals surface area (Å²) in [6.45, 7) is 1.38. The Labute approximate surface area is 167 Å². The minimum absolute atomic E-state index is 0.0448. The maximum atomic E-state index is 14.5. The van der Waals surface area contributed by atoms with Gasteiger partial charge in [0.2, 0.25) is 11.2 Å². The molecule has 0 aliphatic carbocycles. The molecule has 1 atom stereocenters. The lowest BCUT2D eigenvalue weighted by molar-refractivity contribution is -0.140. The minimum atomic E-state index is -4.62. The van der Waals surface area contributed by atoms with Gasteiger partial charge in [0, 0.05) is 19.4 Å². The standard InChI is InChI=1S/C18H15ClF4N4O2/c1-9(28)12-6-24-17(19)26-16(12)29-8-10-3-4-11(13(20)5-10)15-25-14(7-27(15)2)18(21,22)23/h3-7,9,28H,8H2,1-2H3. The molecule has 3 aromatic rings. The maximum absolute atomic E-state index is 14.5. The van der Waals surface area contributed by atoms with Gasteiger partial charge < -0.3 is 14.4 Å². The third-order valence-electron chi connectivity index (χ3n) is 4.02. The molecule has 1 unspecified atom stereocenters. The fourth-order valence-corrected chi connectivity index (χ4v) is 2.72. The van der Waals surface area contributed by atoms with E-state index in [-0.39, 0.29) is 29.2 Å². The van der Waals surface area contributed by atoms with Crippen LogP contribution in [0.1, 0.15) is 29.8 Å². The molecule has 3 rings (SSSR count). The molecule has 0 amide bonds. The van der Waals surface area contributed by atoms with Crippen molar-refractivity contribution in [3.63, 3.8) is 0 Å². The van der Waals surface area contributed by atoms with Crippen molar-refractivity contribution in [2.45, 2.75) is 25.8 Å². The van der Waals surface area contributed by atoms with E-state index in [0.29, 0.717) is 11.1 Å². The predicted octanol–water partition coefficient (Wildman–Crippen LogP) is 4.32. The molecule has 6 nitrogen and oxygen atoms in total. The number of rotatable bonds is 5. The SMILES string of the molecule is CC(O)c1cnc(Cl)nc1OCc1ccc(-c2nc(C(F)(F)F)cn2C)c(F)c1. The molecule has 0 radical (unpaired) electrons. The lowest BCUT2D eigenvalue weighted by Crippen LogP contribution is -2.05. The molecular weight excluding hydrogens is 416 g/mol. The number of benzene rings is 1. The summed E-state index contributed by atoms with van der Waals surface area (Å²) in [5, 5.41) is 9.65. The average Bonchev–Trinajstić information content (AvgIpc) is 3.02. The zero-order valence-corrected chi connectivity index (χ0v) is 16.0. The van der Waals surface area contributed by atoms with Crippen molar-refractivity contribution in [3.05, 3.63) is 58.5 Å². The van der Waals surface area contributed by atoms with Crippen molar-refractivity contribution in [1.82, 2.24) is 19.5 Å². The second kappa shape index (κ2) is 7.96. The Kier molecular flexibility index (Phi) is 5.76. The molecule has 2 heterocycles. The van der Waals surface area contributed by atoms with Crippen LogP contribution in [0.5, 0.6) is 5.88 Å². The molecule has 2 aromatic heterocycles. The Morgan fingerprint density at radius 3 is 2.59 bits per heavy atom. The molecule has 11 heteroatoms.